The standard InChI is InChI=1S/C17H25N5/c1-12-8-13(2)10-15(9-12)20-17-19-14(3)11-16(21-17)18-6-7-22(4)5/h8-11H,6-7H2,1-5H3,(H2,18,19,20,21). The molecule has 0 unspecified atom stereocenters. The van der Waals surface area contributed by atoms with Gasteiger partial charge in [-0.3, -0.25) is 0 Å². The van der Waals surface area contributed by atoms with Crippen molar-refractivity contribution in [1.82, 2.24) is 14.9 Å². The smallest absolute Gasteiger partial charge is 0.229 e. The van der Waals surface area contributed by atoms with Gasteiger partial charge in [0.15, 0.2) is 0 Å². The fraction of sp³-hybridized carbons (Fsp3) is 0.412. The Balaban J connectivity index is 2.11. The Morgan fingerprint density at radius 3 is 2.27 bits per heavy atom. The number of hydrogen-bond donors (Lipinski definition) is 2. The Morgan fingerprint density at radius 1 is 0.955 bits per heavy atom. The van der Waals surface area contributed by atoms with Crippen molar-refractivity contribution in [2.45, 2.75) is 20.8 Å². The Hall–Kier alpha value is -2.14. The maximum atomic E-state index is 4.53. The molecule has 0 bridgehead atoms. The first kappa shape index (κ1) is 16.2. The van der Waals surface area contributed by atoms with Crippen LogP contribution in [0.25, 0.3) is 0 Å². The summed E-state index contributed by atoms with van der Waals surface area (Å²) in [5, 5.41) is 6.63. The average Bonchev–Trinajstić information content (AvgIpc) is 2.36. The van der Waals surface area contributed by atoms with E-state index in [1.54, 1.807) is 0 Å². The van der Waals surface area contributed by atoms with Crippen molar-refractivity contribution >= 4 is 17.5 Å². The minimum atomic E-state index is 0.623. The number of nitrogens with one attached hydrogen (secondary N) is 2. The lowest BCUT2D eigenvalue weighted by atomic mass is 10.1. The minimum Gasteiger partial charge on any atom is -0.369 e. The van der Waals surface area contributed by atoms with Crippen molar-refractivity contribution in [2.75, 3.05) is 37.8 Å². The van der Waals surface area contributed by atoms with Gasteiger partial charge in [0, 0.05) is 30.5 Å². The molecule has 0 saturated heterocycles. The van der Waals surface area contributed by atoms with E-state index < -0.39 is 0 Å². The van der Waals surface area contributed by atoms with Gasteiger partial charge in [0.1, 0.15) is 5.82 Å². The van der Waals surface area contributed by atoms with Crippen LogP contribution in [0.15, 0.2) is 24.3 Å². The molecule has 1 aromatic heterocycles. The summed E-state index contributed by atoms with van der Waals surface area (Å²) in [5.41, 5.74) is 4.40. The predicted molar refractivity (Wildman–Crippen MR) is 93.0 cm³/mol. The van der Waals surface area contributed by atoms with Crippen LogP contribution in [0, 0.1) is 20.8 Å². The predicted octanol–water partition coefficient (Wildman–Crippen LogP) is 3.12. The maximum absolute atomic E-state index is 4.53. The summed E-state index contributed by atoms with van der Waals surface area (Å²) in [7, 11) is 4.11. The van der Waals surface area contributed by atoms with Gasteiger partial charge in [-0.1, -0.05) is 6.07 Å². The van der Waals surface area contributed by atoms with E-state index in [1.165, 1.54) is 11.1 Å². The number of anilines is 3. The Bertz CT molecular complexity index is 617. The minimum absolute atomic E-state index is 0.623. The van der Waals surface area contributed by atoms with Crippen molar-refractivity contribution in [3.05, 3.63) is 41.1 Å². The van der Waals surface area contributed by atoms with E-state index in [1.807, 2.05) is 13.0 Å². The third-order valence-corrected chi connectivity index (χ3v) is 3.20. The molecular weight excluding hydrogens is 274 g/mol. The van der Waals surface area contributed by atoms with E-state index in [2.05, 4.69) is 71.6 Å². The van der Waals surface area contributed by atoms with E-state index in [0.717, 1.165) is 30.3 Å². The molecule has 1 aromatic carbocycles. The molecule has 0 spiro atoms. The molecule has 0 aliphatic rings. The summed E-state index contributed by atoms with van der Waals surface area (Å²) < 4.78 is 0. The second-order valence-corrected chi connectivity index (χ2v) is 5.95. The lowest BCUT2D eigenvalue weighted by Gasteiger charge is -2.13. The summed E-state index contributed by atoms with van der Waals surface area (Å²) in [6.45, 7) is 7.97. The molecule has 0 amide bonds. The van der Waals surface area contributed by atoms with Crippen LogP contribution in [-0.2, 0) is 0 Å². The molecule has 118 valence electrons. The fourth-order valence-electron chi connectivity index (χ4n) is 2.30. The van der Waals surface area contributed by atoms with Gasteiger partial charge < -0.3 is 15.5 Å². The van der Waals surface area contributed by atoms with Crippen LogP contribution >= 0.6 is 0 Å². The molecule has 2 rings (SSSR count). The van der Waals surface area contributed by atoms with E-state index >= 15 is 0 Å². The van der Waals surface area contributed by atoms with Crippen LogP contribution in [0.5, 0.6) is 0 Å². The summed E-state index contributed by atoms with van der Waals surface area (Å²) in [5.74, 6) is 1.47. The van der Waals surface area contributed by atoms with Crippen molar-refractivity contribution in [2.24, 2.45) is 0 Å². The molecule has 0 atom stereocenters. The highest BCUT2D eigenvalue weighted by Gasteiger charge is 2.04. The largest absolute Gasteiger partial charge is 0.369 e. The van der Waals surface area contributed by atoms with E-state index in [-0.39, 0.29) is 0 Å². The van der Waals surface area contributed by atoms with Crippen molar-refractivity contribution in [1.29, 1.82) is 0 Å². The van der Waals surface area contributed by atoms with Gasteiger partial charge in [-0.05, 0) is 58.1 Å². The first-order valence-corrected chi connectivity index (χ1v) is 7.52. The first-order valence-electron chi connectivity index (χ1n) is 7.52. The van der Waals surface area contributed by atoms with Crippen molar-refractivity contribution in [3.8, 4) is 0 Å². The zero-order valence-electron chi connectivity index (χ0n) is 14.1. The fourth-order valence-corrected chi connectivity index (χ4v) is 2.30. The van der Waals surface area contributed by atoms with Gasteiger partial charge in [-0.25, -0.2) is 4.98 Å². The van der Waals surface area contributed by atoms with Crippen LogP contribution in [-0.4, -0.2) is 42.1 Å². The molecule has 5 nitrogen and oxygen atoms in total. The molecule has 0 aliphatic carbocycles. The third kappa shape index (κ3) is 5.00. The highest BCUT2D eigenvalue weighted by Crippen LogP contribution is 2.18. The monoisotopic (exact) mass is 299 g/mol. The van der Waals surface area contributed by atoms with Crippen LogP contribution < -0.4 is 10.6 Å². The van der Waals surface area contributed by atoms with Gasteiger partial charge >= 0.3 is 0 Å². The Labute approximate surface area is 132 Å². The molecule has 2 aromatic rings. The molecule has 0 radical (unpaired) electrons. The van der Waals surface area contributed by atoms with E-state index in [4.69, 9.17) is 0 Å². The number of likely N-dealkylation sites (N-methyl/N-ethyl adjacent to an activating group) is 1. The topological polar surface area (TPSA) is 53.1 Å². The van der Waals surface area contributed by atoms with Crippen molar-refractivity contribution < 1.29 is 0 Å². The Morgan fingerprint density at radius 2 is 1.64 bits per heavy atom. The number of rotatable bonds is 6. The van der Waals surface area contributed by atoms with Crippen LogP contribution in [0.3, 0.4) is 0 Å². The Kier molecular flexibility index (Phi) is 5.33. The number of aryl methyl sites for hydroxylation is 3. The molecular formula is C17H25N5. The summed E-state index contributed by atoms with van der Waals surface area (Å²) in [4.78, 5) is 11.1. The number of hydrogen-bond acceptors (Lipinski definition) is 5. The highest BCUT2D eigenvalue weighted by molar-refractivity contribution is 5.57. The van der Waals surface area contributed by atoms with Gasteiger partial charge in [-0.2, -0.15) is 4.98 Å². The number of aromatic nitrogens is 2. The summed E-state index contributed by atoms with van der Waals surface area (Å²) in [6, 6.07) is 8.30. The van der Waals surface area contributed by atoms with Crippen molar-refractivity contribution in [3.63, 3.8) is 0 Å². The lowest BCUT2D eigenvalue weighted by molar-refractivity contribution is 0.425. The summed E-state index contributed by atoms with van der Waals surface area (Å²) in [6.07, 6.45) is 0. The van der Waals surface area contributed by atoms with E-state index in [0.29, 0.717) is 5.95 Å². The van der Waals surface area contributed by atoms with Crippen LogP contribution in [0.2, 0.25) is 0 Å². The van der Waals surface area contributed by atoms with Gasteiger partial charge in [0.25, 0.3) is 0 Å². The molecule has 0 saturated carbocycles. The summed E-state index contributed by atoms with van der Waals surface area (Å²) >= 11 is 0. The lowest BCUT2D eigenvalue weighted by Crippen LogP contribution is -2.21. The first-order chi connectivity index (χ1) is 10.4. The highest BCUT2D eigenvalue weighted by atomic mass is 15.2. The molecule has 2 N–H and O–H groups in total. The molecule has 1 heterocycles. The van der Waals surface area contributed by atoms with E-state index in [9.17, 15) is 0 Å². The second-order valence-electron chi connectivity index (χ2n) is 5.95. The van der Waals surface area contributed by atoms with Crippen LogP contribution in [0.4, 0.5) is 17.5 Å². The maximum Gasteiger partial charge on any atom is 0.229 e. The number of benzene rings is 1. The SMILES string of the molecule is Cc1cc(C)cc(Nc2nc(C)cc(NCCN(C)C)n2)c1. The molecule has 5 heteroatoms. The second kappa shape index (κ2) is 7.22. The average molecular weight is 299 g/mol. The molecule has 0 fully saturated rings. The zero-order valence-corrected chi connectivity index (χ0v) is 14.1. The number of nitrogens with zero attached hydrogens (tertiary/aromatic N) is 3. The van der Waals surface area contributed by atoms with Gasteiger partial charge in [-0.15, -0.1) is 0 Å². The molecule has 0 aliphatic heterocycles. The molecule has 22 heavy (non-hydrogen) atoms. The third-order valence-electron chi connectivity index (χ3n) is 3.20. The zero-order chi connectivity index (χ0) is 16.1. The normalized spacial score (nSPS) is 10.8. The quantitative estimate of drug-likeness (QED) is 0.858. The van der Waals surface area contributed by atoms with Gasteiger partial charge in [0.2, 0.25) is 5.95 Å². The van der Waals surface area contributed by atoms with Crippen LogP contribution in [0.1, 0.15) is 16.8 Å². The van der Waals surface area contributed by atoms with Gasteiger partial charge in [0.05, 0.1) is 0 Å².